The molecule has 2 aliphatic heterocycles. The minimum absolute atomic E-state index is 0.177. The first kappa shape index (κ1) is 27.6. The molecule has 0 saturated heterocycles. The van der Waals surface area contributed by atoms with E-state index in [2.05, 4.69) is 10.3 Å². The minimum atomic E-state index is -0.470. The third-order valence-electron chi connectivity index (χ3n) is 7.86. The average molecular weight is 599 g/mol. The predicted molar refractivity (Wildman–Crippen MR) is 175 cm³/mol. The highest BCUT2D eigenvalue weighted by molar-refractivity contribution is 7.17. The molecule has 216 valence electrons. The van der Waals surface area contributed by atoms with Gasteiger partial charge in [-0.2, -0.15) is 0 Å². The fourth-order valence-corrected chi connectivity index (χ4v) is 6.76. The zero-order valence-electron chi connectivity index (χ0n) is 23.9. The van der Waals surface area contributed by atoms with Crippen LogP contribution in [0.4, 0.5) is 15.8 Å². The molecule has 2 amide bonds. The van der Waals surface area contributed by atoms with Crippen molar-refractivity contribution in [3.8, 4) is 10.4 Å². The van der Waals surface area contributed by atoms with Crippen molar-refractivity contribution >= 4 is 51.1 Å². The number of halogens is 1. The zero-order valence-corrected chi connectivity index (χ0v) is 24.7. The van der Waals surface area contributed by atoms with E-state index in [0.717, 1.165) is 43.9 Å². The normalized spacial score (nSPS) is 14.2. The molecule has 4 heterocycles. The first-order valence-corrected chi connectivity index (χ1v) is 15.2. The molecule has 0 radical (unpaired) electrons. The number of para-hydroxylation sites is 2. The molecule has 0 bridgehead atoms. The van der Waals surface area contributed by atoms with Crippen molar-refractivity contribution in [3.63, 3.8) is 0 Å². The number of amides is 2. The fraction of sp³-hybridized carbons (Fsp3) is 0.111. The van der Waals surface area contributed by atoms with E-state index < -0.39 is 5.82 Å². The number of anilines is 2. The Morgan fingerprint density at radius 3 is 2.77 bits per heavy atom. The summed E-state index contributed by atoms with van der Waals surface area (Å²) in [6.45, 7) is 2.18. The molecule has 2 aliphatic rings. The van der Waals surface area contributed by atoms with Gasteiger partial charge in [0.2, 0.25) is 0 Å². The molecular weight excluding hydrogens is 571 g/mol. The lowest BCUT2D eigenvalue weighted by Gasteiger charge is -2.23. The Morgan fingerprint density at radius 2 is 1.89 bits per heavy atom. The number of thiophene rings is 1. The van der Waals surface area contributed by atoms with E-state index in [1.165, 1.54) is 17.4 Å². The smallest absolute Gasteiger partial charge is 0.276 e. The number of aliphatic imine (C=N–C) groups is 1. The summed E-state index contributed by atoms with van der Waals surface area (Å²) < 4.78 is 14.4. The number of fused-ring (bicyclic) bond motifs is 4. The predicted octanol–water partition coefficient (Wildman–Crippen LogP) is 7.89. The first-order valence-electron chi connectivity index (χ1n) is 14.4. The summed E-state index contributed by atoms with van der Waals surface area (Å²) in [5.74, 6) is -1.00. The Balaban J connectivity index is 1.19. The number of rotatable bonds is 4. The molecular formula is C36H27FN4O2S. The number of nitrogens with zero attached hydrogens (tertiary/aromatic N) is 3. The van der Waals surface area contributed by atoms with Crippen molar-refractivity contribution in [1.82, 2.24) is 4.98 Å². The van der Waals surface area contributed by atoms with Gasteiger partial charge in [-0.3, -0.25) is 14.6 Å². The summed E-state index contributed by atoms with van der Waals surface area (Å²) in [5, 5.41) is 3.75. The molecule has 0 unspecified atom stereocenters. The highest BCUT2D eigenvalue weighted by atomic mass is 32.1. The van der Waals surface area contributed by atoms with Gasteiger partial charge in [-0.1, -0.05) is 48.5 Å². The van der Waals surface area contributed by atoms with Gasteiger partial charge >= 0.3 is 0 Å². The molecule has 0 saturated carbocycles. The third-order valence-corrected chi connectivity index (χ3v) is 9.07. The molecule has 1 N–H and O–H groups in total. The molecule has 6 nitrogen and oxygen atoms in total. The average Bonchev–Trinajstić information content (AvgIpc) is 3.22. The highest BCUT2D eigenvalue weighted by Gasteiger charge is 2.29. The van der Waals surface area contributed by atoms with E-state index in [0.29, 0.717) is 35.5 Å². The van der Waals surface area contributed by atoms with Crippen LogP contribution in [0.25, 0.3) is 21.3 Å². The molecule has 0 fully saturated rings. The van der Waals surface area contributed by atoms with Gasteiger partial charge in [0, 0.05) is 34.1 Å². The van der Waals surface area contributed by atoms with Gasteiger partial charge in [-0.25, -0.2) is 9.38 Å². The van der Waals surface area contributed by atoms with Crippen LogP contribution in [0.15, 0.2) is 114 Å². The van der Waals surface area contributed by atoms with Crippen molar-refractivity contribution in [2.75, 3.05) is 16.8 Å². The van der Waals surface area contributed by atoms with Crippen molar-refractivity contribution < 1.29 is 14.0 Å². The summed E-state index contributed by atoms with van der Waals surface area (Å²) in [4.78, 5) is 39.8. The minimum Gasteiger partial charge on any atom is -0.319 e. The number of allylic oxidation sites excluding steroid dienone is 3. The summed E-state index contributed by atoms with van der Waals surface area (Å²) in [5.41, 5.74) is 6.37. The lowest BCUT2D eigenvalue weighted by atomic mass is 10.1. The van der Waals surface area contributed by atoms with E-state index in [1.54, 1.807) is 30.2 Å². The Labute approximate surface area is 257 Å². The third kappa shape index (κ3) is 5.14. The standard InChI is InChI=1S/C36H27FN4O2S/c1-22-8-6-11-27(37)33(22)40-35(42)32-21-25-17-19-41(31-14-5-2-10-26(31)34(25)44-32)36(43)30-13-4-3-12-29(39-30)24-15-16-28-23(20-24)9-7-18-38-28/h2-3,5-16,18,20-21H,4,17,19H2,1H3,(H,40,42). The maximum atomic E-state index is 14.4. The number of aromatic nitrogens is 1. The molecule has 7 rings (SSSR count). The molecule has 0 atom stereocenters. The van der Waals surface area contributed by atoms with Crippen LogP contribution in [0.2, 0.25) is 0 Å². The number of hydrogen-bond donors (Lipinski definition) is 1. The van der Waals surface area contributed by atoms with Crippen molar-refractivity contribution in [2.24, 2.45) is 4.99 Å². The molecule has 3 aromatic carbocycles. The SMILES string of the molecule is Cc1cccc(F)c1NC(=O)c1cc2c(s1)-c1ccccc1N(C(=O)C1=CCC=CC(c3ccc4ncccc4c3)=N1)CC2. The number of benzene rings is 3. The maximum Gasteiger partial charge on any atom is 0.276 e. The van der Waals surface area contributed by atoms with Crippen LogP contribution in [0.5, 0.6) is 0 Å². The van der Waals surface area contributed by atoms with Gasteiger partial charge in [-0.15, -0.1) is 11.3 Å². The zero-order chi connectivity index (χ0) is 30.2. The molecule has 44 heavy (non-hydrogen) atoms. The van der Waals surface area contributed by atoms with Crippen LogP contribution < -0.4 is 10.2 Å². The van der Waals surface area contributed by atoms with Gasteiger partial charge in [0.1, 0.15) is 11.5 Å². The van der Waals surface area contributed by atoms with Crippen molar-refractivity contribution in [2.45, 2.75) is 19.8 Å². The number of aryl methyl sites for hydroxylation is 1. The highest BCUT2D eigenvalue weighted by Crippen LogP contribution is 2.42. The van der Waals surface area contributed by atoms with E-state index in [4.69, 9.17) is 4.99 Å². The number of nitrogens with one attached hydrogen (secondary N) is 1. The van der Waals surface area contributed by atoms with Crippen LogP contribution in [-0.2, 0) is 11.2 Å². The van der Waals surface area contributed by atoms with Gasteiger partial charge in [0.15, 0.2) is 0 Å². The second-order valence-corrected chi connectivity index (χ2v) is 11.8. The van der Waals surface area contributed by atoms with E-state index in [9.17, 15) is 14.0 Å². The lowest BCUT2D eigenvalue weighted by molar-refractivity contribution is -0.115. The molecule has 0 aliphatic carbocycles. The van der Waals surface area contributed by atoms with Crippen LogP contribution in [0, 0.1) is 12.7 Å². The summed E-state index contributed by atoms with van der Waals surface area (Å²) in [6, 6.07) is 24.2. The fourth-order valence-electron chi connectivity index (χ4n) is 5.63. The maximum absolute atomic E-state index is 14.4. The van der Waals surface area contributed by atoms with Crippen molar-refractivity contribution in [3.05, 3.63) is 136 Å². The Morgan fingerprint density at radius 1 is 1.00 bits per heavy atom. The summed E-state index contributed by atoms with van der Waals surface area (Å²) >= 11 is 1.35. The monoisotopic (exact) mass is 598 g/mol. The number of hydrogen-bond acceptors (Lipinski definition) is 5. The molecule has 5 aromatic rings. The lowest BCUT2D eigenvalue weighted by Crippen LogP contribution is -2.33. The molecule has 0 spiro atoms. The van der Waals surface area contributed by atoms with Crippen molar-refractivity contribution in [1.29, 1.82) is 0 Å². The van der Waals surface area contributed by atoms with Crippen LogP contribution in [-0.4, -0.2) is 29.1 Å². The van der Waals surface area contributed by atoms with E-state index >= 15 is 0 Å². The van der Waals surface area contributed by atoms with Gasteiger partial charge in [0.05, 0.1) is 27.5 Å². The van der Waals surface area contributed by atoms with E-state index in [-0.39, 0.29) is 17.5 Å². The summed E-state index contributed by atoms with van der Waals surface area (Å²) in [7, 11) is 0. The van der Waals surface area contributed by atoms with Gasteiger partial charge < -0.3 is 10.2 Å². The van der Waals surface area contributed by atoms with Crippen LogP contribution in [0.3, 0.4) is 0 Å². The van der Waals surface area contributed by atoms with Crippen LogP contribution >= 0.6 is 11.3 Å². The second-order valence-electron chi connectivity index (χ2n) is 10.7. The second kappa shape index (κ2) is 11.5. The first-order chi connectivity index (χ1) is 21.5. The molecule has 8 heteroatoms. The largest absolute Gasteiger partial charge is 0.319 e. The Kier molecular flexibility index (Phi) is 7.20. The number of pyridine rings is 1. The Hall–Kier alpha value is -5.21. The van der Waals surface area contributed by atoms with Gasteiger partial charge in [0.25, 0.3) is 11.8 Å². The summed E-state index contributed by atoms with van der Waals surface area (Å²) in [6.07, 6.45) is 8.74. The van der Waals surface area contributed by atoms with Crippen LogP contribution in [0.1, 0.15) is 32.8 Å². The topological polar surface area (TPSA) is 74.7 Å². The van der Waals surface area contributed by atoms with E-state index in [1.807, 2.05) is 78.9 Å². The quantitative estimate of drug-likeness (QED) is 0.229. The number of carbonyl (C=O) groups is 2. The number of carbonyl (C=O) groups excluding carboxylic acids is 2. The Bertz CT molecular complexity index is 2040. The molecule has 2 aromatic heterocycles. The van der Waals surface area contributed by atoms with Gasteiger partial charge in [-0.05, 0) is 79.4 Å².